The van der Waals surface area contributed by atoms with Crippen LogP contribution in [0.3, 0.4) is 0 Å². The van der Waals surface area contributed by atoms with Crippen LogP contribution in [0.5, 0.6) is 0 Å². The summed E-state index contributed by atoms with van der Waals surface area (Å²) in [5, 5.41) is 31.1. The highest BCUT2D eigenvalue weighted by atomic mass is 35.5. The third-order valence-electron chi connectivity index (χ3n) is 16.7. The smallest absolute Gasteiger partial charge is 0.410 e. The van der Waals surface area contributed by atoms with E-state index in [1.165, 1.54) is 16.4 Å². The number of aliphatic hydroxyl groups is 3. The molecule has 7 heterocycles. The van der Waals surface area contributed by atoms with Crippen LogP contribution in [0.2, 0.25) is 15.1 Å². The minimum absolute atomic E-state index is 0.0172. The van der Waals surface area contributed by atoms with Gasteiger partial charge in [0, 0.05) is 71.8 Å². The number of hydrogen-bond donors (Lipinski definition) is 3. The fraction of sp³-hybridized carbons (Fsp3) is 0.588. The average molecular weight is 1130 g/mol. The molecule has 0 spiro atoms. The Morgan fingerprint density at radius 3 is 1.51 bits per heavy atom. The van der Waals surface area contributed by atoms with Crippen molar-refractivity contribution in [1.82, 2.24) is 22.7 Å². The second-order valence-corrected chi connectivity index (χ2v) is 27.8. The SMILES string of the molecule is O=C(O[C@H]1C2CC2C2CCCC1N2S(=O)(=O)c1ccc(Cl)cc1)N1CCN(CCO)CC1.O=S(=O)(c1ccc(Cl)cc1)N1C2C=C[C@H](O)C1CCC2.O=S(=O)(c1ccc(Cl)cc1)N1C2CCCC1[C@@H](O)C1CC12. The van der Waals surface area contributed by atoms with Gasteiger partial charge in [-0.1, -0.05) is 59.8 Å². The summed E-state index contributed by atoms with van der Waals surface area (Å²) in [5.41, 5.74) is 0. The second kappa shape index (κ2) is 21.5. The van der Waals surface area contributed by atoms with Gasteiger partial charge in [0.25, 0.3) is 0 Å². The number of ether oxygens (including phenoxy) is 1. The van der Waals surface area contributed by atoms with E-state index in [1.54, 1.807) is 86.3 Å². The van der Waals surface area contributed by atoms with Crippen molar-refractivity contribution in [2.75, 3.05) is 39.3 Å². The summed E-state index contributed by atoms with van der Waals surface area (Å²) in [4.78, 5) is 17.5. The Labute approximate surface area is 444 Å². The van der Waals surface area contributed by atoms with E-state index in [-0.39, 0.29) is 75.5 Å². The number of rotatable bonds is 9. The van der Waals surface area contributed by atoms with Crippen molar-refractivity contribution in [3.63, 3.8) is 0 Å². The van der Waals surface area contributed by atoms with Gasteiger partial charge in [-0.2, -0.15) is 12.9 Å². The molecule has 8 fully saturated rings. The molecule has 12 rings (SSSR count). The van der Waals surface area contributed by atoms with Crippen molar-refractivity contribution in [3.05, 3.63) is 100 Å². The normalized spacial score (nSPS) is 33.9. The summed E-state index contributed by atoms with van der Waals surface area (Å²) < 4.78 is 89.6. The molecule has 2 aliphatic carbocycles. The molecule has 13 atom stereocenters. The molecule has 10 unspecified atom stereocenters. The number of hydrogen-bond acceptors (Lipinski definition) is 12. The summed E-state index contributed by atoms with van der Waals surface area (Å²) in [6.45, 7) is 3.23. The molecule has 7 aliphatic heterocycles. The van der Waals surface area contributed by atoms with Crippen LogP contribution in [0.1, 0.15) is 70.6 Å². The number of sulfonamides is 3. The van der Waals surface area contributed by atoms with Crippen LogP contribution in [0.4, 0.5) is 4.79 Å². The van der Waals surface area contributed by atoms with E-state index >= 15 is 0 Å². The number of β-amino-alcohol motifs (C(OH)–C–C–N with tert-alkyl or cyclic N) is 1. The number of nitrogens with zero attached hydrogens (tertiary/aromatic N) is 5. The lowest BCUT2D eigenvalue weighted by Gasteiger charge is -2.48. The first-order chi connectivity index (χ1) is 34.9. The Kier molecular flexibility index (Phi) is 15.8. The minimum Gasteiger partial charge on any atom is -0.444 e. The van der Waals surface area contributed by atoms with Crippen LogP contribution < -0.4 is 0 Å². The Balaban J connectivity index is 0.000000131. The highest BCUT2D eigenvalue weighted by Gasteiger charge is 2.64. The van der Waals surface area contributed by atoms with Gasteiger partial charge in [-0.3, -0.25) is 4.90 Å². The molecular weight excluding hydrogens is 1060 g/mol. The monoisotopic (exact) mass is 1120 g/mol. The van der Waals surface area contributed by atoms with Gasteiger partial charge in [0.2, 0.25) is 30.1 Å². The van der Waals surface area contributed by atoms with Gasteiger partial charge in [0.15, 0.2) is 0 Å². The second-order valence-electron chi connectivity index (χ2n) is 21.0. The van der Waals surface area contributed by atoms with Gasteiger partial charge in [-0.15, -0.1) is 0 Å². The summed E-state index contributed by atoms with van der Waals surface area (Å²) in [6.07, 6.45) is 11.0. The first kappa shape index (κ1) is 53.5. The zero-order valence-corrected chi connectivity index (χ0v) is 45.0. The topological polar surface area (TPSA) is 206 Å². The average Bonchev–Trinajstić information content (AvgIpc) is 4.33. The van der Waals surface area contributed by atoms with E-state index in [0.717, 1.165) is 57.8 Å². The minimum atomic E-state index is -3.71. The fourth-order valence-corrected chi connectivity index (χ4v) is 19.1. The van der Waals surface area contributed by atoms with Crippen molar-refractivity contribution in [3.8, 4) is 0 Å². The zero-order chi connectivity index (χ0) is 51.6. The van der Waals surface area contributed by atoms with Crippen molar-refractivity contribution < 1.29 is 50.1 Å². The molecule has 6 saturated heterocycles. The lowest BCUT2D eigenvalue weighted by molar-refractivity contribution is -0.0357. The molecule has 73 heavy (non-hydrogen) atoms. The first-order valence-corrected chi connectivity index (χ1v) is 31.1. The highest BCUT2D eigenvalue weighted by Crippen LogP contribution is 2.58. The number of carbonyl (C=O) groups is 1. The molecule has 398 valence electrons. The lowest BCUT2D eigenvalue weighted by atomic mass is 9.85. The Morgan fingerprint density at radius 2 is 0.973 bits per heavy atom. The maximum absolute atomic E-state index is 13.6. The van der Waals surface area contributed by atoms with E-state index in [2.05, 4.69) is 4.90 Å². The number of benzene rings is 3. The van der Waals surface area contributed by atoms with Gasteiger partial charge >= 0.3 is 6.09 Å². The van der Waals surface area contributed by atoms with Gasteiger partial charge in [-0.25, -0.2) is 30.0 Å². The van der Waals surface area contributed by atoms with Crippen LogP contribution in [0.25, 0.3) is 0 Å². The summed E-state index contributed by atoms with van der Waals surface area (Å²) >= 11 is 17.6. The largest absolute Gasteiger partial charge is 0.444 e. The Hall–Kier alpha value is -2.89. The maximum Gasteiger partial charge on any atom is 0.410 e. The van der Waals surface area contributed by atoms with E-state index in [1.807, 2.05) is 0 Å². The summed E-state index contributed by atoms with van der Waals surface area (Å²) in [5.74, 6) is 1.17. The van der Waals surface area contributed by atoms with E-state index in [0.29, 0.717) is 72.5 Å². The molecule has 6 bridgehead atoms. The van der Waals surface area contributed by atoms with Crippen molar-refractivity contribution >= 4 is 71.0 Å². The Morgan fingerprint density at radius 1 is 0.534 bits per heavy atom. The van der Waals surface area contributed by atoms with E-state index in [4.69, 9.17) is 44.6 Å². The van der Waals surface area contributed by atoms with Crippen LogP contribution in [-0.4, -0.2) is 163 Å². The molecular formula is C51H64Cl3N5O11S3. The zero-order valence-electron chi connectivity index (χ0n) is 40.3. The van der Waals surface area contributed by atoms with E-state index in [9.17, 15) is 40.3 Å². The predicted molar refractivity (Wildman–Crippen MR) is 275 cm³/mol. The fourth-order valence-electron chi connectivity index (χ4n) is 13.0. The summed E-state index contributed by atoms with van der Waals surface area (Å²) in [6, 6.07) is 17.7. The molecule has 2 saturated carbocycles. The van der Waals surface area contributed by atoms with Crippen LogP contribution in [0, 0.1) is 23.7 Å². The number of piperazine rings is 1. The van der Waals surface area contributed by atoms with Crippen LogP contribution in [-0.2, 0) is 34.8 Å². The van der Waals surface area contributed by atoms with Crippen molar-refractivity contribution in [1.29, 1.82) is 0 Å². The van der Waals surface area contributed by atoms with Crippen molar-refractivity contribution in [2.24, 2.45) is 23.7 Å². The van der Waals surface area contributed by atoms with Crippen LogP contribution >= 0.6 is 34.8 Å². The molecule has 1 amide bonds. The van der Waals surface area contributed by atoms with Crippen LogP contribution in [0.15, 0.2) is 99.6 Å². The molecule has 22 heteroatoms. The number of carbonyl (C=O) groups excluding carboxylic acids is 1. The standard InChI is InChI=1S/C22H30ClN3O5S.C15H18ClNO3S.C14H16ClNO3S/c23-15-4-6-16(7-5-15)32(29,30)26-19-2-1-3-20(26)21(18-14-17(18)19)31-22(28)25-10-8-24(9-11-25)12-13-27;16-9-4-6-10(7-5-9)21(19,20)17-13-2-1-3-14(17)15(18)12-8-11(12)13;15-10-4-7-12(8-5-10)20(18,19)16-11-2-1-3-13(16)14(17)9-6-11/h4-7,17-21,27H,1-3,8-14H2;4-7,11-15,18H,1-3,8H2;4-9,11,13-14,17H,1-3H2/t17?,18?,19?,20?,21-;11?,12?,13?,14?,15-;11?,13?,14-/m000/s1. The lowest BCUT2D eigenvalue weighted by Crippen LogP contribution is -2.61. The summed E-state index contributed by atoms with van der Waals surface area (Å²) in [7, 11) is -10.9. The van der Waals surface area contributed by atoms with Crippen molar-refractivity contribution in [2.45, 2.75) is 140 Å². The maximum atomic E-state index is 13.6. The van der Waals surface area contributed by atoms with E-state index < -0.39 is 48.4 Å². The van der Waals surface area contributed by atoms with Gasteiger partial charge in [0.1, 0.15) is 6.10 Å². The number of aliphatic hydroxyl groups excluding tert-OH is 3. The number of fused-ring (bicyclic) bond motifs is 10. The predicted octanol–water partition coefficient (Wildman–Crippen LogP) is 6.46. The molecule has 9 aliphatic rings. The van der Waals surface area contributed by atoms with Gasteiger partial charge < -0.3 is 25.0 Å². The quantitative estimate of drug-likeness (QED) is 0.198. The molecule has 0 aromatic heterocycles. The number of halogens is 3. The molecule has 3 aromatic rings. The van der Waals surface area contributed by atoms with Gasteiger partial charge in [0.05, 0.1) is 51.6 Å². The Bertz CT molecular complexity index is 2840. The molecule has 0 radical (unpaired) electrons. The molecule has 3 aromatic carbocycles. The number of amides is 1. The third-order valence-corrected chi connectivity index (χ3v) is 23.4. The molecule has 3 N–H and O–H groups in total. The molecule has 16 nitrogen and oxygen atoms in total. The number of piperidine rings is 5. The third kappa shape index (κ3) is 10.6. The highest BCUT2D eigenvalue weighted by molar-refractivity contribution is 7.89. The van der Waals surface area contributed by atoms with Gasteiger partial charge in [-0.05, 0) is 148 Å². The first-order valence-electron chi connectivity index (χ1n) is 25.6.